The second-order valence-electron chi connectivity index (χ2n) is 2.89. The number of aliphatic hydroxyl groups excluding tert-OH is 1. The zero-order valence-electron chi connectivity index (χ0n) is 6.25. The predicted octanol–water partition coefficient (Wildman–Crippen LogP) is -1.23. The molecule has 11 heavy (non-hydrogen) atoms. The monoisotopic (exact) mass is 155 g/mol. The third-order valence-electron chi connectivity index (χ3n) is 1.59. The van der Waals surface area contributed by atoms with E-state index in [1.807, 2.05) is 0 Å². The maximum atomic E-state index is 8.86. The van der Waals surface area contributed by atoms with Crippen molar-refractivity contribution in [1.29, 1.82) is 0 Å². The topological polar surface area (TPSA) is 98.3 Å². The Morgan fingerprint density at radius 3 is 2.18 bits per heavy atom. The lowest BCUT2D eigenvalue weighted by Gasteiger charge is -2.24. The van der Waals surface area contributed by atoms with Crippen LogP contribution in [-0.2, 0) is 0 Å². The lowest BCUT2D eigenvalue weighted by molar-refractivity contribution is 0.251. The second kappa shape index (κ2) is 2.56. The van der Waals surface area contributed by atoms with Gasteiger partial charge in [-0.1, -0.05) is 0 Å². The molecule has 0 aromatic heterocycles. The van der Waals surface area contributed by atoms with Gasteiger partial charge in [-0.3, -0.25) is 0 Å². The lowest BCUT2D eigenvalue weighted by Crippen LogP contribution is -2.43. The molecule has 4 heteroatoms. The minimum absolute atomic E-state index is 0.172. The van der Waals surface area contributed by atoms with Crippen molar-refractivity contribution >= 4 is 0 Å². The van der Waals surface area contributed by atoms with E-state index in [4.69, 9.17) is 22.3 Å². The van der Waals surface area contributed by atoms with Crippen molar-refractivity contribution in [2.24, 2.45) is 17.2 Å². The largest absolute Gasteiger partial charge is 0.402 e. The van der Waals surface area contributed by atoms with Crippen LogP contribution in [0.3, 0.4) is 0 Å². The van der Waals surface area contributed by atoms with Crippen molar-refractivity contribution < 1.29 is 5.11 Å². The molecule has 0 amide bonds. The van der Waals surface area contributed by atoms with Crippen LogP contribution in [0.5, 0.6) is 0 Å². The van der Waals surface area contributed by atoms with E-state index in [0.29, 0.717) is 17.8 Å². The van der Waals surface area contributed by atoms with Crippen LogP contribution in [0, 0.1) is 0 Å². The van der Waals surface area contributed by atoms with Crippen LogP contribution >= 0.6 is 0 Å². The summed E-state index contributed by atoms with van der Waals surface area (Å²) in [5, 5.41) is 8.86. The van der Waals surface area contributed by atoms with Crippen LogP contribution in [0.4, 0.5) is 0 Å². The normalized spacial score (nSPS) is 22.4. The van der Waals surface area contributed by atoms with Gasteiger partial charge in [-0.25, -0.2) is 0 Å². The molecular weight excluding hydrogens is 142 g/mol. The lowest BCUT2D eigenvalue weighted by atomic mass is 9.93. The highest BCUT2D eigenvalue weighted by atomic mass is 16.3. The Hall–Kier alpha value is -1.00. The van der Waals surface area contributed by atoms with Crippen molar-refractivity contribution in [2.45, 2.75) is 12.0 Å². The molecule has 1 aliphatic carbocycles. The Bertz CT molecular complexity index is 202. The Kier molecular flexibility index (Phi) is 1.89. The standard InChI is InChI=1S/C7H13N3O/c8-5-1-6(9)3-7(10,2-5)4-11/h2-3,11H,1,4,8-10H2. The number of hydrogen-bond donors (Lipinski definition) is 4. The first-order valence-electron chi connectivity index (χ1n) is 3.40. The van der Waals surface area contributed by atoms with Crippen molar-refractivity contribution in [1.82, 2.24) is 0 Å². The third-order valence-corrected chi connectivity index (χ3v) is 1.59. The van der Waals surface area contributed by atoms with Crippen LogP contribution in [0.1, 0.15) is 6.42 Å². The molecule has 0 bridgehead atoms. The van der Waals surface area contributed by atoms with Gasteiger partial charge in [-0.15, -0.1) is 0 Å². The van der Waals surface area contributed by atoms with E-state index in [-0.39, 0.29) is 6.61 Å². The van der Waals surface area contributed by atoms with Gasteiger partial charge in [0.2, 0.25) is 0 Å². The average Bonchev–Trinajstić information content (AvgIpc) is 1.84. The molecule has 0 aliphatic heterocycles. The van der Waals surface area contributed by atoms with Crippen molar-refractivity contribution in [3.8, 4) is 0 Å². The molecule has 7 N–H and O–H groups in total. The zero-order valence-corrected chi connectivity index (χ0v) is 6.25. The summed E-state index contributed by atoms with van der Waals surface area (Å²) in [6.07, 6.45) is 3.80. The Balaban J connectivity index is 2.89. The fourth-order valence-corrected chi connectivity index (χ4v) is 1.16. The second-order valence-corrected chi connectivity index (χ2v) is 2.89. The van der Waals surface area contributed by atoms with Crippen LogP contribution in [0.25, 0.3) is 0 Å². The van der Waals surface area contributed by atoms with E-state index in [0.717, 1.165) is 0 Å². The summed E-state index contributed by atoms with van der Waals surface area (Å²) in [5.41, 5.74) is 17.1. The number of rotatable bonds is 1. The van der Waals surface area contributed by atoms with Gasteiger partial charge in [0.15, 0.2) is 0 Å². The third kappa shape index (κ3) is 1.72. The van der Waals surface area contributed by atoms with Crippen molar-refractivity contribution in [3.05, 3.63) is 23.5 Å². The molecule has 0 aromatic carbocycles. The molecule has 0 spiro atoms. The fraction of sp³-hybridized carbons (Fsp3) is 0.429. The molecule has 0 heterocycles. The van der Waals surface area contributed by atoms with Gasteiger partial charge < -0.3 is 22.3 Å². The molecule has 0 radical (unpaired) electrons. The number of aliphatic hydroxyl groups is 1. The summed E-state index contributed by atoms with van der Waals surface area (Å²) in [6, 6.07) is 0. The number of nitrogens with two attached hydrogens (primary N) is 3. The summed E-state index contributed by atoms with van der Waals surface area (Å²) in [5.74, 6) is 0. The quantitative estimate of drug-likeness (QED) is 0.381. The maximum absolute atomic E-state index is 8.86. The summed E-state index contributed by atoms with van der Waals surface area (Å²) in [6.45, 7) is -0.172. The molecule has 0 fully saturated rings. The highest BCUT2D eigenvalue weighted by Gasteiger charge is 2.22. The molecule has 0 aromatic rings. The number of hydrogen-bond acceptors (Lipinski definition) is 4. The van der Waals surface area contributed by atoms with E-state index in [1.165, 1.54) is 0 Å². The first-order chi connectivity index (χ1) is 5.06. The molecule has 0 unspecified atom stereocenters. The van der Waals surface area contributed by atoms with E-state index in [1.54, 1.807) is 12.2 Å². The van der Waals surface area contributed by atoms with Gasteiger partial charge in [-0.05, 0) is 12.2 Å². The van der Waals surface area contributed by atoms with Gasteiger partial charge in [0.25, 0.3) is 0 Å². The van der Waals surface area contributed by atoms with Gasteiger partial charge in [-0.2, -0.15) is 0 Å². The molecule has 0 saturated carbocycles. The molecule has 0 saturated heterocycles. The maximum Gasteiger partial charge on any atom is 0.0799 e. The van der Waals surface area contributed by atoms with E-state index < -0.39 is 5.54 Å². The summed E-state index contributed by atoms with van der Waals surface area (Å²) in [4.78, 5) is 0. The molecular formula is C7H13N3O. The van der Waals surface area contributed by atoms with Crippen LogP contribution in [0.15, 0.2) is 23.5 Å². The highest BCUT2D eigenvalue weighted by molar-refractivity contribution is 5.30. The Morgan fingerprint density at radius 1 is 1.36 bits per heavy atom. The molecule has 0 atom stereocenters. The van der Waals surface area contributed by atoms with Gasteiger partial charge in [0.1, 0.15) is 0 Å². The first kappa shape index (κ1) is 8.10. The average molecular weight is 155 g/mol. The summed E-state index contributed by atoms with van der Waals surface area (Å²) < 4.78 is 0. The van der Waals surface area contributed by atoms with E-state index >= 15 is 0 Å². The van der Waals surface area contributed by atoms with Crippen molar-refractivity contribution in [3.63, 3.8) is 0 Å². The molecule has 4 nitrogen and oxygen atoms in total. The first-order valence-corrected chi connectivity index (χ1v) is 3.40. The van der Waals surface area contributed by atoms with Crippen LogP contribution < -0.4 is 17.2 Å². The van der Waals surface area contributed by atoms with E-state index in [9.17, 15) is 0 Å². The van der Waals surface area contributed by atoms with Crippen molar-refractivity contribution in [2.75, 3.05) is 6.61 Å². The minimum Gasteiger partial charge on any atom is -0.402 e. The SMILES string of the molecule is NC1=CC(N)(CO)C=C(N)C1. The Labute approximate surface area is 65.4 Å². The molecule has 1 aliphatic rings. The Morgan fingerprint density at radius 2 is 1.82 bits per heavy atom. The molecule has 1 rings (SSSR count). The van der Waals surface area contributed by atoms with Gasteiger partial charge >= 0.3 is 0 Å². The predicted molar refractivity (Wildman–Crippen MR) is 43.2 cm³/mol. The minimum atomic E-state index is -0.855. The smallest absolute Gasteiger partial charge is 0.0799 e. The fourth-order valence-electron chi connectivity index (χ4n) is 1.16. The summed E-state index contributed by atoms with van der Waals surface area (Å²) in [7, 11) is 0. The van der Waals surface area contributed by atoms with E-state index in [2.05, 4.69) is 0 Å². The summed E-state index contributed by atoms with van der Waals surface area (Å²) >= 11 is 0. The highest BCUT2D eigenvalue weighted by Crippen LogP contribution is 2.17. The molecule has 62 valence electrons. The van der Waals surface area contributed by atoms with Gasteiger partial charge in [0.05, 0.1) is 12.1 Å². The van der Waals surface area contributed by atoms with Gasteiger partial charge in [0, 0.05) is 17.8 Å². The zero-order chi connectivity index (χ0) is 8.48. The van der Waals surface area contributed by atoms with Crippen LogP contribution in [0.2, 0.25) is 0 Å². The van der Waals surface area contributed by atoms with Crippen LogP contribution in [-0.4, -0.2) is 17.3 Å².